The maximum absolute atomic E-state index is 5.26. The van der Waals surface area contributed by atoms with Crippen LogP contribution in [0.15, 0.2) is 9.52 Å². The first-order valence-corrected chi connectivity index (χ1v) is 8.94. The van der Waals surface area contributed by atoms with Crippen molar-refractivity contribution in [1.29, 1.82) is 0 Å². The van der Waals surface area contributed by atoms with Gasteiger partial charge in [-0.05, 0) is 19.8 Å². The Morgan fingerprint density at radius 1 is 1.33 bits per heavy atom. The molecule has 1 aromatic rings. The summed E-state index contributed by atoms with van der Waals surface area (Å²) in [6.07, 6.45) is 0.693. The molecule has 0 spiro atoms. The van der Waals surface area contributed by atoms with Gasteiger partial charge < -0.3 is 15.2 Å². The van der Waals surface area contributed by atoms with Gasteiger partial charge in [0.25, 0.3) is 0 Å². The zero-order chi connectivity index (χ0) is 17.7. The first-order chi connectivity index (χ1) is 11.4. The summed E-state index contributed by atoms with van der Waals surface area (Å²) in [7, 11) is 1.80. The Labute approximate surface area is 145 Å². The van der Waals surface area contributed by atoms with Crippen molar-refractivity contribution in [2.45, 2.75) is 59.0 Å². The van der Waals surface area contributed by atoms with Crippen LogP contribution in [0.1, 0.15) is 52.3 Å². The van der Waals surface area contributed by atoms with E-state index in [1.807, 2.05) is 0 Å². The van der Waals surface area contributed by atoms with Crippen molar-refractivity contribution in [3.8, 4) is 0 Å². The van der Waals surface area contributed by atoms with Crippen LogP contribution >= 0.6 is 0 Å². The van der Waals surface area contributed by atoms with E-state index in [2.05, 4.69) is 65.3 Å². The Balaban J connectivity index is 1.78. The third-order valence-electron chi connectivity index (χ3n) is 4.55. The van der Waals surface area contributed by atoms with Crippen molar-refractivity contribution in [2.24, 2.45) is 10.9 Å². The lowest BCUT2D eigenvalue weighted by molar-refractivity contribution is 0.265. The summed E-state index contributed by atoms with van der Waals surface area (Å²) in [6, 6.07) is 1.01. The molecule has 0 saturated carbocycles. The minimum absolute atomic E-state index is 0.289. The minimum atomic E-state index is 0.289. The summed E-state index contributed by atoms with van der Waals surface area (Å²) in [4.78, 5) is 11.2. The van der Waals surface area contributed by atoms with Crippen molar-refractivity contribution >= 4 is 5.96 Å². The Morgan fingerprint density at radius 2 is 2.08 bits per heavy atom. The number of aliphatic imine (C=N–C) groups is 1. The molecule has 0 amide bonds. The second-order valence-corrected chi connectivity index (χ2v) is 7.23. The van der Waals surface area contributed by atoms with Crippen LogP contribution in [0.2, 0.25) is 0 Å². The van der Waals surface area contributed by atoms with Crippen molar-refractivity contribution in [3.63, 3.8) is 0 Å². The molecular formula is C17H32N6O. The van der Waals surface area contributed by atoms with Crippen LogP contribution in [0.4, 0.5) is 0 Å². The number of nitrogens with zero attached hydrogens (tertiary/aromatic N) is 4. The quantitative estimate of drug-likeness (QED) is 0.607. The van der Waals surface area contributed by atoms with E-state index in [1.54, 1.807) is 7.05 Å². The van der Waals surface area contributed by atoms with Crippen LogP contribution in [0, 0.1) is 5.92 Å². The molecule has 1 fully saturated rings. The first-order valence-electron chi connectivity index (χ1n) is 8.94. The van der Waals surface area contributed by atoms with E-state index in [1.165, 1.54) is 0 Å². The smallest absolute Gasteiger partial charge is 0.228 e. The lowest BCUT2D eigenvalue weighted by atomic mass is 10.1. The predicted molar refractivity (Wildman–Crippen MR) is 96.2 cm³/mol. The van der Waals surface area contributed by atoms with Crippen molar-refractivity contribution in [2.75, 3.05) is 26.7 Å². The van der Waals surface area contributed by atoms with Gasteiger partial charge in [0.15, 0.2) is 11.8 Å². The summed E-state index contributed by atoms with van der Waals surface area (Å²) in [6.45, 7) is 13.8. The van der Waals surface area contributed by atoms with Gasteiger partial charge in [-0.25, -0.2) is 0 Å². The van der Waals surface area contributed by atoms with Crippen molar-refractivity contribution in [1.82, 2.24) is 25.7 Å². The van der Waals surface area contributed by atoms with Crippen molar-refractivity contribution < 1.29 is 4.52 Å². The van der Waals surface area contributed by atoms with Gasteiger partial charge >= 0.3 is 0 Å². The van der Waals surface area contributed by atoms with E-state index < -0.39 is 0 Å². The zero-order valence-electron chi connectivity index (χ0n) is 15.8. The molecule has 2 N–H and O–H groups in total. The summed E-state index contributed by atoms with van der Waals surface area (Å²) in [5.74, 6) is 3.16. The molecule has 1 aliphatic heterocycles. The normalized spacial score (nSPS) is 22.6. The molecule has 0 radical (unpaired) electrons. The van der Waals surface area contributed by atoms with Crippen LogP contribution in [-0.4, -0.2) is 59.8 Å². The molecule has 7 heteroatoms. The van der Waals surface area contributed by atoms with E-state index in [9.17, 15) is 0 Å². The van der Waals surface area contributed by atoms with E-state index in [4.69, 9.17) is 4.52 Å². The molecule has 0 bridgehead atoms. The highest BCUT2D eigenvalue weighted by Crippen LogP contribution is 2.18. The topological polar surface area (TPSA) is 78.6 Å². The number of hydrogen-bond acceptors (Lipinski definition) is 5. The second-order valence-electron chi connectivity index (χ2n) is 7.23. The second kappa shape index (κ2) is 8.46. The highest BCUT2D eigenvalue weighted by molar-refractivity contribution is 5.80. The molecule has 1 aliphatic rings. The minimum Gasteiger partial charge on any atom is -0.356 e. The highest BCUT2D eigenvalue weighted by atomic mass is 16.5. The molecule has 2 rings (SSSR count). The molecule has 136 valence electrons. The molecular weight excluding hydrogens is 304 g/mol. The lowest BCUT2D eigenvalue weighted by Crippen LogP contribution is -2.47. The number of likely N-dealkylation sites (tertiary alicyclic amines) is 1. The molecule has 2 heterocycles. The van der Waals surface area contributed by atoms with Gasteiger partial charge in [-0.2, -0.15) is 4.98 Å². The fourth-order valence-corrected chi connectivity index (χ4v) is 2.88. The number of guanidine groups is 1. The molecule has 1 aromatic heterocycles. The molecule has 7 nitrogen and oxygen atoms in total. The molecule has 0 aliphatic carbocycles. The van der Waals surface area contributed by atoms with Gasteiger partial charge in [-0.15, -0.1) is 0 Å². The monoisotopic (exact) mass is 336 g/mol. The summed E-state index contributed by atoms with van der Waals surface area (Å²) < 4.78 is 5.26. The Bertz CT molecular complexity index is 539. The van der Waals surface area contributed by atoms with Gasteiger partial charge in [0.1, 0.15) is 0 Å². The van der Waals surface area contributed by atoms with Gasteiger partial charge in [-0.1, -0.05) is 25.9 Å². The van der Waals surface area contributed by atoms with E-state index in [0.29, 0.717) is 36.9 Å². The van der Waals surface area contributed by atoms with E-state index in [-0.39, 0.29) is 5.92 Å². The van der Waals surface area contributed by atoms with Crippen LogP contribution in [-0.2, 0) is 6.42 Å². The molecule has 0 aromatic carbocycles. The largest absolute Gasteiger partial charge is 0.356 e. The summed E-state index contributed by atoms with van der Waals surface area (Å²) in [5, 5.41) is 10.9. The Morgan fingerprint density at radius 3 is 2.62 bits per heavy atom. The van der Waals surface area contributed by atoms with Crippen molar-refractivity contribution in [3.05, 3.63) is 11.7 Å². The highest BCUT2D eigenvalue weighted by Gasteiger charge is 2.31. The Kier molecular flexibility index (Phi) is 6.60. The van der Waals surface area contributed by atoms with Crippen LogP contribution in [0.3, 0.4) is 0 Å². The van der Waals surface area contributed by atoms with Gasteiger partial charge in [0.05, 0.1) is 0 Å². The number of nitrogens with one attached hydrogen (secondary N) is 2. The van der Waals surface area contributed by atoms with Crippen LogP contribution in [0.25, 0.3) is 0 Å². The number of hydrogen-bond donors (Lipinski definition) is 2. The maximum atomic E-state index is 5.26. The van der Waals surface area contributed by atoms with E-state index >= 15 is 0 Å². The maximum Gasteiger partial charge on any atom is 0.228 e. The average Bonchev–Trinajstić information content (AvgIpc) is 3.14. The first kappa shape index (κ1) is 18.7. The fraction of sp³-hybridized carbons (Fsp3) is 0.824. The van der Waals surface area contributed by atoms with Crippen LogP contribution < -0.4 is 10.6 Å². The average molecular weight is 336 g/mol. The molecule has 2 unspecified atom stereocenters. The number of rotatable bonds is 6. The standard InChI is InChI=1S/C17H32N6O/c1-11(2)16-21-15(24-22-16)7-8-19-17(18-6)20-14-10-23(12(3)4)9-13(14)5/h11-14H,7-10H2,1-6H3,(H2,18,19,20). The van der Waals surface area contributed by atoms with Gasteiger partial charge in [-0.3, -0.25) is 9.89 Å². The Hall–Kier alpha value is -1.63. The summed E-state index contributed by atoms with van der Waals surface area (Å²) >= 11 is 0. The van der Waals surface area contributed by atoms with Gasteiger partial charge in [0.2, 0.25) is 5.89 Å². The molecule has 2 atom stereocenters. The molecule has 1 saturated heterocycles. The fourth-order valence-electron chi connectivity index (χ4n) is 2.88. The summed E-state index contributed by atoms with van der Waals surface area (Å²) in [5.41, 5.74) is 0. The third-order valence-corrected chi connectivity index (χ3v) is 4.55. The SMILES string of the molecule is CN=C(NCCc1nc(C(C)C)no1)NC1CN(C(C)C)CC1C. The zero-order valence-corrected chi connectivity index (χ0v) is 15.8. The third kappa shape index (κ3) is 4.93. The lowest BCUT2D eigenvalue weighted by Gasteiger charge is -2.21. The molecule has 24 heavy (non-hydrogen) atoms. The van der Waals surface area contributed by atoms with E-state index in [0.717, 1.165) is 24.9 Å². The van der Waals surface area contributed by atoms with Crippen LogP contribution in [0.5, 0.6) is 0 Å². The number of aromatic nitrogens is 2. The van der Waals surface area contributed by atoms with Gasteiger partial charge in [0, 0.05) is 51.1 Å². The predicted octanol–water partition coefficient (Wildman–Crippen LogP) is 1.63.